The van der Waals surface area contributed by atoms with E-state index >= 15 is 0 Å². The molecular weight excluding hydrogens is 416 g/mol. The first-order chi connectivity index (χ1) is 12.4. The highest BCUT2D eigenvalue weighted by atomic mass is 35.5. The van der Waals surface area contributed by atoms with Crippen LogP contribution >= 0.6 is 34.7 Å². The maximum Gasteiger partial charge on any atom is 0.252 e. The summed E-state index contributed by atoms with van der Waals surface area (Å²) in [5.74, 6) is 1.76. The lowest BCUT2D eigenvalue weighted by molar-refractivity contribution is -0.134. The van der Waals surface area contributed by atoms with Crippen LogP contribution in [0.25, 0.3) is 0 Å². The van der Waals surface area contributed by atoms with Gasteiger partial charge in [-0.15, -0.1) is 11.3 Å². The summed E-state index contributed by atoms with van der Waals surface area (Å²) in [6.45, 7) is 1.11. The minimum atomic E-state index is -3.71. The SMILES string of the molecule is CN(CC(=O)N(CC1CCCO1)C1CCSC1)S(=O)(=O)c1ccc(Cl)s1. The topological polar surface area (TPSA) is 66.9 Å². The number of ether oxygens (including phenoxy) is 1. The molecule has 1 aromatic rings. The van der Waals surface area contributed by atoms with Crippen molar-refractivity contribution in [2.75, 3.05) is 38.2 Å². The smallest absolute Gasteiger partial charge is 0.252 e. The number of thioether (sulfide) groups is 1. The molecule has 2 unspecified atom stereocenters. The van der Waals surface area contributed by atoms with Crippen LogP contribution in [0.5, 0.6) is 0 Å². The zero-order chi connectivity index (χ0) is 18.7. The van der Waals surface area contributed by atoms with Crippen LogP contribution in [0, 0.1) is 0 Å². The third kappa shape index (κ3) is 4.74. The van der Waals surface area contributed by atoms with Crippen LogP contribution in [0.2, 0.25) is 4.34 Å². The average Bonchev–Trinajstić information content (AvgIpc) is 3.34. The number of hydrogen-bond acceptors (Lipinski definition) is 6. The summed E-state index contributed by atoms with van der Waals surface area (Å²) in [7, 11) is -2.28. The zero-order valence-electron chi connectivity index (χ0n) is 14.6. The lowest BCUT2D eigenvalue weighted by Gasteiger charge is -2.32. The second kappa shape index (κ2) is 8.79. The number of amides is 1. The van der Waals surface area contributed by atoms with Gasteiger partial charge < -0.3 is 9.64 Å². The van der Waals surface area contributed by atoms with Crippen LogP contribution in [0.1, 0.15) is 19.3 Å². The van der Waals surface area contributed by atoms with Gasteiger partial charge in [-0.25, -0.2) is 8.42 Å². The second-order valence-electron chi connectivity index (χ2n) is 6.52. The molecule has 0 bridgehead atoms. The highest BCUT2D eigenvalue weighted by Crippen LogP contribution is 2.28. The van der Waals surface area contributed by atoms with E-state index in [4.69, 9.17) is 16.3 Å². The molecule has 2 atom stereocenters. The number of carbonyl (C=O) groups excluding carboxylic acids is 1. The summed E-state index contributed by atoms with van der Waals surface area (Å²) in [4.78, 5) is 14.8. The Hall–Kier alpha value is -0.320. The third-order valence-corrected chi connectivity index (χ3v) is 9.31. The van der Waals surface area contributed by atoms with Crippen LogP contribution in [-0.2, 0) is 19.6 Å². The maximum absolute atomic E-state index is 12.9. The minimum Gasteiger partial charge on any atom is -0.376 e. The van der Waals surface area contributed by atoms with Gasteiger partial charge in [0.15, 0.2) is 0 Å². The predicted molar refractivity (Wildman–Crippen MR) is 106 cm³/mol. The lowest BCUT2D eigenvalue weighted by Crippen LogP contribution is -2.49. The number of thiophene rings is 1. The standard InChI is InChI=1S/C16H23ClN2O4S3/c1-18(26(21,22)16-5-4-14(17)25-16)10-15(20)19(12-6-8-24-11-12)9-13-3-2-7-23-13/h4-5,12-13H,2-3,6-11H2,1H3. The van der Waals surface area contributed by atoms with Crippen LogP contribution in [0.4, 0.5) is 0 Å². The molecule has 26 heavy (non-hydrogen) atoms. The van der Waals surface area contributed by atoms with Gasteiger partial charge in [0.1, 0.15) is 4.21 Å². The molecule has 0 spiro atoms. The number of likely N-dealkylation sites (N-methyl/N-ethyl adjacent to an activating group) is 1. The van der Waals surface area contributed by atoms with Crippen molar-refractivity contribution in [2.45, 2.75) is 35.6 Å². The quantitative estimate of drug-likeness (QED) is 0.654. The molecule has 0 aliphatic carbocycles. The molecule has 3 heterocycles. The number of hydrogen-bond donors (Lipinski definition) is 0. The van der Waals surface area contributed by atoms with E-state index in [9.17, 15) is 13.2 Å². The molecule has 10 heteroatoms. The van der Waals surface area contributed by atoms with Crippen LogP contribution in [-0.4, -0.2) is 73.9 Å². The molecule has 0 saturated carbocycles. The lowest BCUT2D eigenvalue weighted by atomic mass is 10.1. The summed E-state index contributed by atoms with van der Waals surface area (Å²) >= 11 is 8.68. The summed E-state index contributed by atoms with van der Waals surface area (Å²) in [6.07, 6.45) is 2.97. The summed E-state index contributed by atoms with van der Waals surface area (Å²) < 4.78 is 32.7. The number of rotatable bonds is 7. The normalized spacial score (nSPS) is 23.7. The van der Waals surface area contributed by atoms with E-state index < -0.39 is 10.0 Å². The van der Waals surface area contributed by atoms with E-state index in [2.05, 4.69) is 0 Å². The first kappa shape index (κ1) is 20.4. The van der Waals surface area contributed by atoms with Crippen LogP contribution in [0.15, 0.2) is 16.3 Å². The Morgan fingerprint density at radius 1 is 1.38 bits per heavy atom. The fraction of sp³-hybridized carbons (Fsp3) is 0.688. The van der Waals surface area contributed by atoms with Gasteiger partial charge in [0, 0.05) is 32.0 Å². The molecule has 0 radical (unpaired) electrons. The Balaban J connectivity index is 1.69. The van der Waals surface area contributed by atoms with Crippen molar-refractivity contribution < 1.29 is 17.9 Å². The Labute approximate surface area is 167 Å². The zero-order valence-corrected chi connectivity index (χ0v) is 17.8. The van der Waals surface area contributed by atoms with Gasteiger partial charge in [-0.3, -0.25) is 4.79 Å². The maximum atomic E-state index is 12.9. The van der Waals surface area contributed by atoms with Crippen molar-refractivity contribution >= 4 is 50.6 Å². The summed E-state index contributed by atoms with van der Waals surface area (Å²) in [5, 5.41) is 0. The molecule has 2 aliphatic heterocycles. The predicted octanol–water partition coefficient (Wildman–Crippen LogP) is 2.54. The van der Waals surface area contributed by atoms with Gasteiger partial charge in [0.05, 0.1) is 17.0 Å². The second-order valence-corrected chi connectivity index (χ2v) is 11.7. The van der Waals surface area contributed by atoms with E-state index in [0.29, 0.717) is 10.9 Å². The number of sulfonamides is 1. The molecule has 2 aliphatic rings. The highest BCUT2D eigenvalue weighted by Gasteiger charge is 2.33. The Bertz CT molecular complexity index is 728. The fourth-order valence-electron chi connectivity index (χ4n) is 3.19. The van der Waals surface area contributed by atoms with Crippen LogP contribution in [0.3, 0.4) is 0 Å². The monoisotopic (exact) mass is 438 g/mol. The molecule has 3 rings (SSSR count). The first-order valence-corrected chi connectivity index (χ1v) is 12.4. The fourth-order valence-corrected chi connectivity index (χ4v) is 7.22. The van der Waals surface area contributed by atoms with Gasteiger partial charge in [-0.05, 0) is 37.1 Å². The molecular formula is C16H23ClN2O4S3. The van der Waals surface area contributed by atoms with E-state index in [1.54, 1.807) is 6.07 Å². The van der Waals surface area contributed by atoms with Crippen molar-refractivity contribution in [3.63, 3.8) is 0 Å². The molecule has 0 aromatic carbocycles. The molecule has 146 valence electrons. The van der Waals surface area contributed by atoms with Gasteiger partial charge in [0.2, 0.25) is 5.91 Å². The van der Waals surface area contributed by atoms with Crippen molar-refractivity contribution in [2.24, 2.45) is 0 Å². The third-order valence-electron chi connectivity index (χ3n) is 4.66. The van der Waals surface area contributed by atoms with Crippen molar-refractivity contribution in [3.8, 4) is 0 Å². The van der Waals surface area contributed by atoms with Crippen molar-refractivity contribution in [1.29, 1.82) is 0 Å². The summed E-state index contributed by atoms with van der Waals surface area (Å²) in [6, 6.07) is 3.18. The minimum absolute atomic E-state index is 0.0579. The molecule has 1 aromatic heterocycles. The Kier molecular flexibility index (Phi) is 6.90. The van der Waals surface area contributed by atoms with Crippen molar-refractivity contribution in [1.82, 2.24) is 9.21 Å². The Morgan fingerprint density at radius 2 is 2.19 bits per heavy atom. The largest absolute Gasteiger partial charge is 0.376 e. The van der Waals surface area contributed by atoms with Gasteiger partial charge >= 0.3 is 0 Å². The Morgan fingerprint density at radius 3 is 2.77 bits per heavy atom. The van der Waals surface area contributed by atoms with E-state index in [1.165, 1.54) is 13.1 Å². The summed E-state index contributed by atoms with van der Waals surface area (Å²) in [5.41, 5.74) is 0. The molecule has 2 fully saturated rings. The number of carbonyl (C=O) groups is 1. The molecule has 1 amide bonds. The highest BCUT2D eigenvalue weighted by molar-refractivity contribution is 7.99. The van der Waals surface area contributed by atoms with E-state index in [0.717, 1.165) is 53.0 Å². The van der Waals surface area contributed by atoms with Crippen molar-refractivity contribution in [3.05, 3.63) is 16.5 Å². The van der Waals surface area contributed by atoms with E-state index in [-0.39, 0.29) is 28.8 Å². The molecule has 0 N–H and O–H groups in total. The number of halogens is 1. The molecule has 2 saturated heterocycles. The van der Waals surface area contributed by atoms with E-state index in [1.807, 2.05) is 16.7 Å². The van der Waals surface area contributed by atoms with Crippen LogP contribution < -0.4 is 0 Å². The van der Waals surface area contributed by atoms with Gasteiger partial charge in [-0.1, -0.05) is 11.6 Å². The average molecular weight is 439 g/mol. The van der Waals surface area contributed by atoms with Gasteiger partial charge in [-0.2, -0.15) is 16.1 Å². The first-order valence-electron chi connectivity index (χ1n) is 8.58. The van der Waals surface area contributed by atoms with Gasteiger partial charge in [0.25, 0.3) is 10.0 Å². The number of nitrogens with zero attached hydrogens (tertiary/aromatic N) is 2. The molecule has 6 nitrogen and oxygen atoms in total.